The maximum absolute atomic E-state index is 11.9. The zero-order chi connectivity index (χ0) is 19.5. The molecule has 0 atom stereocenters. The van der Waals surface area contributed by atoms with Crippen molar-refractivity contribution in [3.05, 3.63) is 64.5 Å². The summed E-state index contributed by atoms with van der Waals surface area (Å²) in [5, 5.41) is 4.74. The van der Waals surface area contributed by atoms with Gasteiger partial charge in [-0.25, -0.2) is 4.68 Å². The molecule has 3 heterocycles. The fraction of sp³-hybridized carbons (Fsp3) is 0.435. The van der Waals surface area contributed by atoms with Gasteiger partial charge in [0, 0.05) is 42.5 Å². The molecule has 146 valence electrons. The lowest BCUT2D eigenvalue weighted by Crippen LogP contribution is -2.19. The first-order valence-electron chi connectivity index (χ1n) is 10.4. The molecule has 5 heteroatoms. The van der Waals surface area contributed by atoms with Crippen LogP contribution >= 0.6 is 0 Å². The highest BCUT2D eigenvalue weighted by Gasteiger charge is 2.17. The Kier molecular flexibility index (Phi) is 5.42. The molecule has 1 saturated carbocycles. The molecule has 28 heavy (non-hydrogen) atoms. The predicted molar refractivity (Wildman–Crippen MR) is 112 cm³/mol. The third-order valence-electron chi connectivity index (χ3n) is 5.70. The van der Waals surface area contributed by atoms with Gasteiger partial charge in [0.2, 0.25) is 0 Å². The van der Waals surface area contributed by atoms with Crippen LogP contribution < -0.4 is 5.56 Å². The summed E-state index contributed by atoms with van der Waals surface area (Å²) in [6, 6.07) is 7.65. The Morgan fingerprint density at radius 2 is 2.00 bits per heavy atom. The van der Waals surface area contributed by atoms with Crippen molar-refractivity contribution in [1.29, 1.82) is 0 Å². The van der Waals surface area contributed by atoms with E-state index in [0.29, 0.717) is 6.54 Å². The summed E-state index contributed by atoms with van der Waals surface area (Å²) < 4.78 is 3.56. The maximum atomic E-state index is 11.9. The average Bonchev–Trinajstić information content (AvgIpc) is 3.36. The van der Waals surface area contributed by atoms with Crippen molar-refractivity contribution in [2.24, 2.45) is 5.92 Å². The standard InChI is InChI=1S/C23H28N4O/c1-3-11-26-16-20(8-9-23(26)28)27-12-10-22(25-27)21-15-24-19(13-17(21)2)14-18-6-4-5-7-18/h8-10,12-13,15-16,18H,3-7,11,14H2,1-2H3. The summed E-state index contributed by atoms with van der Waals surface area (Å²) in [4.78, 5) is 16.7. The van der Waals surface area contributed by atoms with Gasteiger partial charge in [0.25, 0.3) is 5.56 Å². The first kappa shape index (κ1) is 18.7. The summed E-state index contributed by atoms with van der Waals surface area (Å²) in [5.74, 6) is 0.802. The minimum Gasteiger partial charge on any atom is -0.313 e. The monoisotopic (exact) mass is 376 g/mol. The van der Waals surface area contributed by atoms with Crippen LogP contribution in [0.4, 0.5) is 0 Å². The van der Waals surface area contributed by atoms with Crippen molar-refractivity contribution in [3.8, 4) is 16.9 Å². The third kappa shape index (κ3) is 3.93. The Morgan fingerprint density at radius 3 is 2.75 bits per heavy atom. The first-order valence-corrected chi connectivity index (χ1v) is 10.4. The quantitative estimate of drug-likeness (QED) is 0.634. The summed E-state index contributed by atoms with van der Waals surface area (Å²) in [6.45, 7) is 4.92. The van der Waals surface area contributed by atoms with E-state index in [4.69, 9.17) is 10.1 Å². The van der Waals surface area contributed by atoms with Gasteiger partial charge >= 0.3 is 0 Å². The van der Waals surface area contributed by atoms with Crippen LogP contribution in [0.5, 0.6) is 0 Å². The SMILES string of the molecule is CCCn1cc(-n2ccc(-c3cnc(CC4CCCC4)cc3C)n2)ccc1=O. The number of rotatable bonds is 6. The van der Waals surface area contributed by atoms with Gasteiger partial charge in [0.1, 0.15) is 0 Å². The predicted octanol–water partition coefficient (Wildman–Crippen LogP) is 4.55. The van der Waals surface area contributed by atoms with E-state index in [1.807, 2.05) is 35.4 Å². The van der Waals surface area contributed by atoms with Crippen LogP contribution in [-0.2, 0) is 13.0 Å². The van der Waals surface area contributed by atoms with Gasteiger partial charge in [-0.1, -0.05) is 32.6 Å². The molecule has 1 aliphatic rings. The number of hydrogen-bond donors (Lipinski definition) is 0. The molecular weight excluding hydrogens is 348 g/mol. The molecule has 3 aromatic rings. The van der Waals surface area contributed by atoms with Gasteiger partial charge in [-0.05, 0) is 49.4 Å². The van der Waals surface area contributed by atoms with Crippen LogP contribution in [0, 0.1) is 12.8 Å². The van der Waals surface area contributed by atoms with Crippen molar-refractivity contribution in [2.75, 3.05) is 0 Å². The lowest BCUT2D eigenvalue weighted by atomic mass is 9.99. The Morgan fingerprint density at radius 1 is 1.18 bits per heavy atom. The molecule has 0 saturated heterocycles. The van der Waals surface area contributed by atoms with E-state index in [9.17, 15) is 4.79 Å². The molecule has 1 fully saturated rings. The van der Waals surface area contributed by atoms with E-state index in [1.165, 1.54) is 36.9 Å². The highest BCUT2D eigenvalue weighted by molar-refractivity contribution is 5.62. The minimum atomic E-state index is 0.0240. The van der Waals surface area contributed by atoms with E-state index < -0.39 is 0 Å². The van der Waals surface area contributed by atoms with E-state index >= 15 is 0 Å². The van der Waals surface area contributed by atoms with Crippen LogP contribution in [0.15, 0.2) is 47.7 Å². The number of aryl methyl sites for hydroxylation is 2. The van der Waals surface area contributed by atoms with E-state index in [2.05, 4.69) is 19.9 Å². The van der Waals surface area contributed by atoms with Crippen LogP contribution in [0.3, 0.4) is 0 Å². The van der Waals surface area contributed by atoms with Crippen molar-refractivity contribution < 1.29 is 0 Å². The average molecular weight is 377 g/mol. The number of nitrogens with zero attached hydrogens (tertiary/aromatic N) is 4. The topological polar surface area (TPSA) is 52.7 Å². The molecular formula is C23H28N4O. The molecule has 0 spiro atoms. The summed E-state index contributed by atoms with van der Waals surface area (Å²) >= 11 is 0. The van der Waals surface area contributed by atoms with Crippen LogP contribution in [0.1, 0.15) is 50.3 Å². The number of hydrogen-bond acceptors (Lipinski definition) is 3. The van der Waals surface area contributed by atoms with Gasteiger partial charge in [-0.2, -0.15) is 5.10 Å². The molecule has 4 rings (SSSR count). The lowest BCUT2D eigenvalue weighted by molar-refractivity contribution is 0.539. The van der Waals surface area contributed by atoms with Crippen molar-refractivity contribution in [3.63, 3.8) is 0 Å². The molecule has 0 aliphatic heterocycles. The molecule has 0 aromatic carbocycles. The molecule has 0 radical (unpaired) electrons. The number of pyridine rings is 2. The van der Waals surface area contributed by atoms with Gasteiger partial charge in [0.15, 0.2) is 0 Å². The molecule has 3 aromatic heterocycles. The van der Waals surface area contributed by atoms with Gasteiger partial charge in [0.05, 0.1) is 11.4 Å². The molecule has 0 amide bonds. The highest BCUT2D eigenvalue weighted by atomic mass is 16.1. The first-order chi connectivity index (χ1) is 13.6. The number of aromatic nitrogens is 4. The Bertz CT molecular complexity index is 1010. The normalized spacial score (nSPS) is 14.6. The molecule has 0 N–H and O–H groups in total. The zero-order valence-corrected chi connectivity index (χ0v) is 16.8. The Hall–Kier alpha value is -2.69. The minimum absolute atomic E-state index is 0.0240. The zero-order valence-electron chi connectivity index (χ0n) is 16.8. The third-order valence-corrected chi connectivity index (χ3v) is 5.70. The Balaban J connectivity index is 1.57. The van der Waals surface area contributed by atoms with Crippen molar-refractivity contribution >= 4 is 0 Å². The summed E-state index contributed by atoms with van der Waals surface area (Å²) in [5.41, 5.74) is 5.29. The molecule has 0 unspecified atom stereocenters. The van der Waals surface area contributed by atoms with Gasteiger partial charge in [-0.3, -0.25) is 9.78 Å². The molecule has 1 aliphatic carbocycles. The van der Waals surface area contributed by atoms with Crippen molar-refractivity contribution in [1.82, 2.24) is 19.3 Å². The van der Waals surface area contributed by atoms with Crippen molar-refractivity contribution in [2.45, 2.75) is 58.9 Å². The van der Waals surface area contributed by atoms with E-state index in [1.54, 1.807) is 10.6 Å². The van der Waals surface area contributed by atoms with Gasteiger partial charge in [-0.15, -0.1) is 0 Å². The molecule has 0 bridgehead atoms. The second-order valence-corrected chi connectivity index (χ2v) is 7.91. The largest absolute Gasteiger partial charge is 0.313 e. The lowest BCUT2D eigenvalue weighted by Gasteiger charge is -2.10. The fourth-order valence-electron chi connectivity index (χ4n) is 4.19. The van der Waals surface area contributed by atoms with Crippen LogP contribution in [0.2, 0.25) is 0 Å². The van der Waals surface area contributed by atoms with Gasteiger partial charge < -0.3 is 4.57 Å². The van der Waals surface area contributed by atoms with Crippen LogP contribution in [0.25, 0.3) is 16.9 Å². The van der Waals surface area contributed by atoms with E-state index in [-0.39, 0.29) is 5.56 Å². The molecule has 5 nitrogen and oxygen atoms in total. The maximum Gasteiger partial charge on any atom is 0.250 e. The van der Waals surface area contributed by atoms with E-state index in [0.717, 1.165) is 35.7 Å². The van der Waals surface area contributed by atoms with Crippen LogP contribution in [-0.4, -0.2) is 19.3 Å². The fourth-order valence-corrected chi connectivity index (χ4v) is 4.19. The second-order valence-electron chi connectivity index (χ2n) is 7.91. The highest BCUT2D eigenvalue weighted by Crippen LogP contribution is 2.29. The second kappa shape index (κ2) is 8.13. The summed E-state index contributed by atoms with van der Waals surface area (Å²) in [6.07, 6.45) is 13.2. The summed E-state index contributed by atoms with van der Waals surface area (Å²) in [7, 11) is 0. The smallest absolute Gasteiger partial charge is 0.250 e. The Labute approximate surface area is 166 Å².